The molecule has 0 atom stereocenters. The molecule has 1 aromatic rings. The summed E-state index contributed by atoms with van der Waals surface area (Å²) in [6.45, 7) is 5.92. The van der Waals surface area contributed by atoms with Gasteiger partial charge in [0.25, 0.3) is 5.91 Å². The van der Waals surface area contributed by atoms with Gasteiger partial charge < -0.3 is 5.32 Å². The highest BCUT2D eigenvalue weighted by Gasteiger charge is 2.15. The van der Waals surface area contributed by atoms with Gasteiger partial charge in [0, 0.05) is 10.9 Å². The number of hydrogen-bond donors (Lipinski definition) is 1. The highest BCUT2D eigenvalue weighted by Crippen LogP contribution is 2.17. The van der Waals surface area contributed by atoms with Gasteiger partial charge in [-0.3, -0.25) is 4.79 Å². The topological polar surface area (TPSA) is 29.1 Å². The number of nitrogens with one attached hydrogen (secondary N) is 1. The first kappa shape index (κ1) is 11.0. The molecule has 0 unspecified atom stereocenters. The Morgan fingerprint density at radius 2 is 2.15 bits per heavy atom. The van der Waals surface area contributed by atoms with Crippen molar-refractivity contribution in [2.24, 2.45) is 0 Å². The third-order valence-corrected chi connectivity index (χ3v) is 3.11. The Hall–Kier alpha value is -0.100. The molecule has 0 spiro atoms. The molecule has 0 saturated carbocycles. The predicted molar refractivity (Wildman–Crippen MR) is 64.3 cm³/mol. The summed E-state index contributed by atoms with van der Waals surface area (Å²) in [5.74, 6) is 0.00617. The molecule has 13 heavy (non-hydrogen) atoms. The Bertz CT molecular complexity index is 314. The smallest absolute Gasteiger partial charge is 0.252 e. The SMILES string of the molecule is CC(C)(C)NC(=O)c1csc(I)c1. The van der Waals surface area contributed by atoms with E-state index >= 15 is 0 Å². The molecular formula is C9H12INOS. The first-order chi connectivity index (χ1) is 5.88. The van der Waals surface area contributed by atoms with Crippen LogP contribution in [0.15, 0.2) is 11.4 Å². The monoisotopic (exact) mass is 309 g/mol. The van der Waals surface area contributed by atoms with Crippen LogP contribution in [0.25, 0.3) is 0 Å². The molecular weight excluding hydrogens is 297 g/mol. The molecule has 0 aliphatic carbocycles. The summed E-state index contributed by atoms with van der Waals surface area (Å²) in [7, 11) is 0. The molecule has 2 nitrogen and oxygen atoms in total. The lowest BCUT2D eigenvalue weighted by atomic mass is 10.1. The maximum atomic E-state index is 11.6. The van der Waals surface area contributed by atoms with Crippen molar-refractivity contribution in [2.45, 2.75) is 26.3 Å². The van der Waals surface area contributed by atoms with Crippen LogP contribution >= 0.6 is 33.9 Å². The molecule has 0 fully saturated rings. The van der Waals surface area contributed by atoms with Crippen LogP contribution in [0.5, 0.6) is 0 Å². The van der Waals surface area contributed by atoms with E-state index in [0.29, 0.717) is 0 Å². The van der Waals surface area contributed by atoms with Gasteiger partial charge in [-0.15, -0.1) is 11.3 Å². The molecule has 0 aromatic carbocycles. The number of rotatable bonds is 1. The predicted octanol–water partition coefficient (Wildman–Crippen LogP) is 2.88. The van der Waals surface area contributed by atoms with Crippen molar-refractivity contribution in [1.82, 2.24) is 5.32 Å². The van der Waals surface area contributed by atoms with Gasteiger partial charge in [-0.1, -0.05) is 0 Å². The van der Waals surface area contributed by atoms with E-state index in [1.165, 1.54) is 0 Å². The summed E-state index contributed by atoms with van der Waals surface area (Å²) >= 11 is 3.79. The number of halogens is 1. The molecule has 1 N–H and O–H groups in total. The summed E-state index contributed by atoms with van der Waals surface area (Å²) < 4.78 is 1.14. The number of carbonyl (C=O) groups is 1. The van der Waals surface area contributed by atoms with Crippen molar-refractivity contribution in [3.63, 3.8) is 0 Å². The van der Waals surface area contributed by atoms with Crippen molar-refractivity contribution < 1.29 is 4.79 Å². The summed E-state index contributed by atoms with van der Waals surface area (Å²) in [5.41, 5.74) is 0.592. The van der Waals surface area contributed by atoms with E-state index in [1.807, 2.05) is 32.2 Å². The first-order valence-corrected chi connectivity index (χ1v) is 5.91. The standard InChI is InChI=1S/C9H12INOS/c1-9(2,3)11-8(12)6-4-7(10)13-5-6/h4-5H,1-3H3,(H,11,12). The fourth-order valence-corrected chi connectivity index (χ4v) is 2.17. The largest absolute Gasteiger partial charge is 0.347 e. The molecule has 0 saturated heterocycles. The Kier molecular flexibility index (Phi) is 3.34. The quantitative estimate of drug-likeness (QED) is 0.794. The minimum absolute atomic E-state index is 0.00617. The van der Waals surface area contributed by atoms with Gasteiger partial charge in [0.05, 0.1) is 8.45 Å². The van der Waals surface area contributed by atoms with Gasteiger partial charge >= 0.3 is 0 Å². The first-order valence-electron chi connectivity index (χ1n) is 3.95. The van der Waals surface area contributed by atoms with E-state index in [0.717, 1.165) is 8.45 Å². The summed E-state index contributed by atoms with van der Waals surface area (Å²) in [4.78, 5) is 11.6. The normalized spacial score (nSPS) is 11.4. The number of thiophene rings is 1. The molecule has 0 aliphatic heterocycles. The van der Waals surface area contributed by atoms with Gasteiger partial charge in [-0.05, 0) is 49.4 Å². The summed E-state index contributed by atoms with van der Waals surface area (Å²) in [5, 5.41) is 4.79. The summed E-state index contributed by atoms with van der Waals surface area (Å²) in [6.07, 6.45) is 0. The van der Waals surface area contributed by atoms with Crippen LogP contribution in [0.4, 0.5) is 0 Å². The van der Waals surface area contributed by atoms with E-state index in [9.17, 15) is 4.79 Å². The minimum atomic E-state index is -0.162. The van der Waals surface area contributed by atoms with Crippen molar-refractivity contribution in [1.29, 1.82) is 0 Å². The van der Waals surface area contributed by atoms with E-state index < -0.39 is 0 Å². The van der Waals surface area contributed by atoms with Crippen LogP contribution in [-0.2, 0) is 0 Å². The zero-order valence-corrected chi connectivity index (χ0v) is 10.8. The molecule has 4 heteroatoms. The highest BCUT2D eigenvalue weighted by atomic mass is 127. The molecule has 1 aromatic heterocycles. The molecule has 72 valence electrons. The van der Waals surface area contributed by atoms with Crippen molar-refractivity contribution in [2.75, 3.05) is 0 Å². The Morgan fingerprint density at radius 1 is 1.54 bits per heavy atom. The van der Waals surface area contributed by atoms with Crippen LogP contribution in [-0.4, -0.2) is 11.4 Å². The van der Waals surface area contributed by atoms with Crippen molar-refractivity contribution in [3.8, 4) is 0 Å². The third-order valence-electron chi connectivity index (χ3n) is 1.32. The van der Waals surface area contributed by atoms with Crippen LogP contribution in [0.1, 0.15) is 31.1 Å². The highest BCUT2D eigenvalue weighted by molar-refractivity contribution is 14.1. The lowest BCUT2D eigenvalue weighted by Crippen LogP contribution is -2.40. The zero-order valence-electron chi connectivity index (χ0n) is 7.85. The third kappa shape index (κ3) is 3.64. The van der Waals surface area contributed by atoms with Gasteiger partial charge in [-0.2, -0.15) is 0 Å². The average molecular weight is 309 g/mol. The average Bonchev–Trinajstić information content (AvgIpc) is 2.31. The Morgan fingerprint density at radius 3 is 2.54 bits per heavy atom. The van der Waals surface area contributed by atoms with Crippen molar-refractivity contribution >= 4 is 39.8 Å². The van der Waals surface area contributed by atoms with Gasteiger partial charge in [-0.25, -0.2) is 0 Å². The van der Waals surface area contributed by atoms with Crippen LogP contribution in [0, 0.1) is 2.88 Å². The lowest BCUT2D eigenvalue weighted by Gasteiger charge is -2.19. The van der Waals surface area contributed by atoms with Gasteiger partial charge in [0.15, 0.2) is 0 Å². The fraction of sp³-hybridized carbons (Fsp3) is 0.444. The van der Waals surface area contributed by atoms with E-state index in [4.69, 9.17) is 0 Å². The molecule has 1 amide bonds. The lowest BCUT2D eigenvalue weighted by molar-refractivity contribution is 0.0920. The molecule has 1 heterocycles. The maximum absolute atomic E-state index is 11.6. The van der Waals surface area contributed by atoms with Gasteiger partial charge in [0.1, 0.15) is 0 Å². The van der Waals surface area contributed by atoms with E-state index in [1.54, 1.807) is 11.3 Å². The van der Waals surface area contributed by atoms with Crippen LogP contribution in [0.2, 0.25) is 0 Å². The molecule has 1 rings (SSSR count). The Labute approximate surface area is 95.9 Å². The zero-order chi connectivity index (χ0) is 10.1. The maximum Gasteiger partial charge on any atom is 0.252 e. The summed E-state index contributed by atoms with van der Waals surface area (Å²) in [6, 6.07) is 1.90. The van der Waals surface area contributed by atoms with Gasteiger partial charge in [0.2, 0.25) is 0 Å². The van der Waals surface area contributed by atoms with E-state index in [-0.39, 0.29) is 11.4 Å². The number of hydrogen-bond acceptors (Lipinski definition) is 2. The second kappa shape index (κ2) is 3.96. The number of amides is 1. The molecule has 0 aliphatic rings. The van der Waals surface area contributed by atoms with Crippen LogP contribution < -0.4 is 5.32 Å². The Balaban J connectivity index is 2.70. The molecule has 0 bridgehead atoms. The minimum Gasteiger partial charge on any atom is -0.347 e. The van der Waals surface area contributed by atoms with Crippen LogP contribution in [0.3, 0.4) is 0 Å². The fourth-order valence-electron chi connectivity index (χ4n) is 0.842. The van der Waals surface area contributed by atoms with E-state index in [2.05, 4.69) is 27.9 Å². The second-order valence-corrected chi connectivity index (χ2v) is 6.65. The second-order valence-electron chi connectivity index (χ2n) is 3.84. The number of carbonyl (C=O) groups excluding carboxylic acids is 1. The van der Waals surface area contributed by atoms with Crippen molar-refractivity contribution in [3.05, 3.63) is 19.9 Å². The molecule has 0 radical (unpaired) electrons.